The molecule has 0 aliphatic carbocycles. The van der Waals surface area contributed by atoms with Gasteiger partial charge in [-0.2, -0.15) is 5.10 Å². The van der Waals surface area contributed by atoms with Crippen LogP contribution in [0.3, 0.4) is 0 Å². The van der Waals surface area contributed by atoms with E-state index in [4.69, 9.17) is 0 Å². The van der Waals surface area contributed by atoms with Gasteiger partial charge in [-0.25, -0.2) is 4.98 Å². The predicted molar refractivity (Wildman–Crippen MR) is 136 cm³/mol. The summed E-state index contributed by atoms with van der Waals surface area (Å²) in [5, 5.41) is 15.8. The highest BCUT2D eigenvalue weighted by Gasteiger charge is 2.13. The Morgan fingerprint density at radius 1 is 1.13 bits per heavy atom. The first-order valence-corrected chi connectivity index (χ1v) is 10.0. The Morgan fingerprint density at radius 2 is 1.90 bits per heavy atom. The second kappa shape index (κ2) is 11.1. The number of fused-ring (bicyclic) bond motifs is 1. The third-order valence-corrected chi connectivity index (χ3v) is 5.10. The van der Waals surface area contributed by atoms with E-state index in [0.717, 1.165) is 47.9 Å². The van der Waals surface area contributed by atoms with E-state index in [9.17, 15) is 0 Å². The number of aryl methyl sites for hydroxylation is 2. The molecule has 3 N–H and O–H groups in total. The number of hydrogen-bond acceptors (Lipinski definition) is 4. The summed E-state index contributed by atoms with van der Waals surface area (Å²) in [6.45, 7) is 7.83. The molecule has 1 unspecified atom stereocenters. The summed E-state index contributed by atoms with van der Waals surface area (Å²) in [4.78, 5) is 8.97. The molecule has 2 aromatic heterocycles. The lowest BCUT2D eigenvalue weighted by atomic mass is 10.1. The molecule has 1 aromatic carbocycles. The van der Waals surface area contributed by atoms with Crippen molar-refractivity contribution in [2.45, 2.75) is 33.2 Å². The SMILES string of the molecule is CN=C(NCCNc1ccc2ccccc2n1)NC(C)Cc1c(C)nn(C)c1C.I. The van der Waals surface area contributed by atoms with Crippen LogP contribution in [0.5, 0.6) is 0 Å². The minimum Gasteiger partial charge on any atom is -0.368 e. The Labute approximate surface area is 195 Å². The van der Waals surface area contributed by atoms with E-state index >= 15 is 0 Å². The van der Waals surface area contributed by atoms with Gasteiger partial charge in [-0.3, -0.25) is 9.67 Å². The smallest absolute Gasteiger partial charge is 0.191 e. The van der Waals surface area contributed by atoms with E-state index in [-0.39, 0.29) is 30.0 Å². The third kappa shape index (κ3) is 6.07. The predicted octanol–water partition coefficient (Wildman–Crippen LogP) is 3.41. The number of para-hydroxylation sites is 1. The van der Waals surface area contributed by atoms with Crippen LogP contribution < -0.4 is 16.0 Å². The molecule has 0 bridgehead atoms. The number of nitrogens with one attached hydrogen (secondary N) is 3. The second-order valence-electron chi connectivity index (χ2n) is 7.34. The molecule has 8 heteroatoms. The first kappa shape index (κ1) is 23.9. The summed E-state index contributed by atoms with van der Waals surface area (Å²) in [6, 6.07) is 12.5. The van der Waals surface area contributed by atoms with Crippen molar-refractivity contribution >= 4 is 46.7 Å². The van der Waals surface area contributed by atoms with Crippen LogP contribution >= 0.6 is 24.0 Å². The maximum atomic E-state index is 4.63. The monoisotopic (exact) mass is 521 g/mol. The van der Waals surface area contributed by atoms with Crippen molar-refractivity contribution < 1.29 is 0 Å². The quantitative estimate of drug-likeness (QED) is 0.192. The number of pyridine rings is 1. The van der Waals surface area contributed by atoms with Crippen molar-refractivity contribution in [3.63, 3.8) is 0 Å². The number of hydrogen-bond donors (Lipinski definition) is 3. The van der Waals surface area contributed by atoms with Gasteiger partial charge >= 0.3 is 0 Å². The Balaban J connectivity index is 0.00000320. The van der Waals surface area contributed by atoms with Gasteiger partial charge in [0, 0.05) is 44.3 Å². The van der Waals surface area contributed by atoms with Gasteiger partial charge in [-0.05, 0) is 51.0 Å². The van der Waals surface area contributed by atoms with E-state index in [2.05, 4.69) is 63.9 Å². The molecule has 7 nitrogen and oxygen atoms in total. The van der Waals surface area contributed by atoms with Gasteiger partial charge in [0.05, 0.1) is 11.2 Å². The average molecular weight is 521 g/mol. The number of halogens is 1. The Kier molecular flexibility index (Phi) is 8.88. The van der Waals surface area contributed by atoms with Crippen LogP contribution in [0, 0.1) is 13.8 Å². The van der Waals surface area contributed by atoms with Crippen LogP contribution in [-0.4, -0.2) is 46.9 Å². The molecule has 0 radical (unpaired) electrons. The molecule has 0 saturated heterocycles. The number of benzene rings is 1. The minimum atomic E-state index is 0. The molecule has 2 heterocycles. The highest BCUT2D eigenvalue weighted by molar-refractivity contribution is 14.0. The van der Waals surface area contributed by atoms with Crippen molar-refractivity contribution in [1.29, 1.82) is 0 Å². The molecule has 0 aliphatic rings. The topological polar surface area (TPSA) is 79.2 Å². The van der Waals surface area contributed by atoms with Crippen LogP contribution in [0.4, 0.5) is 5.82 Å². The molecule has 1 atom stereocenters. The lowest BCUT2D eigenvalue weighted by Crippen LogP contribution is -2.44. The fourth-order valence-electron chi connectivity index (χ4n) is 3.43. The van der Waals surface area contributed by atoms with Gasteiger partial charge in [0.15, 0.2) is 5.96 Å². The molecule has 30 heavy (non-hydrogen) atoms. The Hall–Kier alpha value is -2.36. The zero-order valence-corrected chi connectivity index (χ0v) is 20.7. The molecule has 3 rings (SSSR count). The van der Waals surface area contributed by atoms with Crippen molar-refractivity contribution in [3.8, 4) is 0 Å². The highest BCUT2D eigenvalue weighted by Crippen LogP contribution is 2.15. The number of aromatic nitrogens is 3. The highest BCUT2D eigenvalue weighted by atomic mass is 127. The van der Waals surface area contributed by atoms with E-state index in [1.807, 2.05) is 36.0 Å². The summed E-state index contributed by atoms with van der Waals surface area (Å²) < 4.78 is 1.94. The second-order valence-corrected chi connectivity index (χ2v) is 7.34. The van der Waals surface area contributed by atoms with Crippen LogP contribution in [-0.2, 0) is 13.5 Å². The molecule has 3 aromatic rings. The van der Waals surface area contributed by atoms with Gasteiger partial charge in [0.25, 0.3) is 0 Å². The van der Waals surface area contributed by atoms with Crippen molar-refractivity contribution in [1.82, 2.24) is 25.4 Å². The molecule has 162 valence electrons. The van der Waals surface area contributed by atoms with Gasteiger partial charge in [0.2, 0.25) is 0 Å². The number of anilines is 1. The maximum absolute atomic E-state index is 4.63. The molecular weight excluding hydrogens is 489 g/mol. The molecule has 0 saturated carbocycles. The first-order chi connectivity index (χ1) is 14.0. The summed E-state index contributed by atoms with van der Waals surface area (Å²) in [5.41, 5.74) is 4.60. The molecule has 0 amide bonds. The summed E-state index contributed by atoms with van der Waals surface area (Å²) >= 11 is 0. The molecular formula is C22H32IN7. The molecule has 0 fully saturated rings. The van der Waals surface area contributed by atoms with Gasteiger partial charge in [0.1, 0.15) is 5.82 Å². The van der Waals surface area contributed by atoms with Gasteiger partial charge in [-0.1, -0.05) is 18.2 Å². The minimum absolute atomic E-state index is 0. The Morgan fingerprint density at radius 3 is 2.60 bits per heavy atom. The fourth-order valence-corrected chi connectivity index (χ4v) is 3.43. The largest absolute Gasteiger partial charge is 0.368 e. The lowest BCUT2D eigenvalue weighted by molar-refractivity contribution is 0.637. The Bertz CT molecular complexity index is 996. The fraction of sp³-hybridized carbons (Fsp3) is 0.409. The third-order valence-electron chi connectivity index (χ3n) is 5.10. The van der Waals surface area contributed by atoms with Crippen molar-refractivity contribution in [3.05, 3.63) is 53.3 Å². The summed E-state index contributed by atoms with van der Waals surface area (Å²) in [5.74, 6) is 1.68. The number of rotatable bonds is 7. The normalized spacial score (nSPS) is 12.4. The number of guanidine groups is 1. The number of aliphatic imine (C=N–C) groups is 1. The van der Waals surface area contributed by atoms with E-state index < -0.39 is 0 Å². The van der Waals surface area contributed by atoms with Crippen LogP contribution in [0.2, 0.25) is 0 Å². The standard InChI is InChI=1S/C22H31N7.HI/c1-15(14-19-16(2)28-29(5)17(19)3)26-22(23-4)25-13-12-24-21-11-10-18-8-6-7-9-20(18)27-21;/h6-11,15H,12-14H2,1-5H3,(H,24,27)(H2,23,25,26);1H. The molecule has 0 aliphatic heterocycles. The maximum Gasteiger partial charge on any atom is 0.191 e. The zero-order chi connectivity index (χ0) is 20.8. The van der Waals surface area contributed by atoms with E-state index in [0.29, 0.717) is 0 Å². The lowest BCUT2D eigenvalue weighted by Gasteiger charge is -2.18. The zero-order valence-electron chi connectivity index (χ0n) is 18.4. The van der Waals surface area contributed by atoms with Crippen LogP contribution in [0.15, 0.2) is 41.4 Å². The van der Waals surface area contributed by atoms with E-state index in [1.54, 1.807) is 7.05 Å². The first-order valence-electron chi connectivity index (χ1n) is 10.0. The van der Waals surface area contributed by atoms with E-state index in [1.165, 1.54) is 11.3 Å². The van der Waals surface area contributed by atoms with Crippen LogP contribution in [0.25, 0.3) is 10.9 Å². The molecule has 0 spiro atoms. The van der Waals surface area contributed by atoms with Gasteiger partial charge in [-0.15, -0.1) is 24.0 Å². The van der Waals surface area contributed by atoms with Gasteiger partial charge < -0.3 is 16.0 Å². The average Bonchev–Trinajstić information content (AvgIpc) is 2.96. The van der Waals surface area contributed by atoms with Crippen molar-refractivity contribution in [2.75, 3.05) is 25.5 Å². The van der Waals surface area contributed by atoms with Crippen LogP contribution in [0.1, 0.15) is 23.9 Å². The summed E-state index contributed by atoms with van der Waals surface area (Å²) in [7, 11) is 3.78. The number of nitrogens with zero attached hydrogens (tertiary/aromatic N) is 4. The van der Waals surface area contributed by atoms with Crippen molar-refractivity contribution in [2.24, 2.45) is 12.0 Å². The summed E-state index contributed by atoms with van der Waals surface area (Å²) in [6.07, 6.45) is 0.908.